The molecule has 0 spiro atoms. The third-order valence-electron chi connectivity index (χ3n) is 3.08. The molecule has 3 N–H and O–H groups in total. The Bertz CT molecular complexity index is 219. The fourth-order valence-electron chi connectivity index (χ4n) is 2.04. The minimum absolute atomic E-state index is 0.110. The molecule has 0 aromatic rings. The second-order valence-corrected chi connectivity index (χ2v) is 4.67. The highest BCUT2D eigenvalue weighted by atomic mass is 16.3. The lowest BCUT2D eigenvalue weighted by Gasteiger charge is -2.21. The van der Waals surface area contributed by atoms with E-state index in [0.717, 1.165) is 19.3 Å². The van der Waals surface area contributed by atoms with Gasteiger partial charge in [0.05, 0.1) is 6.10 Å². The molecule has 4 heteroatoms. The number of hydrogen-bond donors (Lipinski definition) is 2. The van der Waals surface area contributed by atoms with Crippen LogP contribution in [0.1, 0.15) is 32.6 Å². The van der Waals surface area contributed by atoms with Crippen molar-refractivity contribution in [2.24, 2.45) is 11.7 Å². The Morgan fingerprint density at radius 1 is 1.60 bits per heavy atom. The largest absolute Gasteiger partial charge is 0.393 e. The predicted octanol–water partition coefficient (Wildman–Crippen LogP) is 0.343. The molecule has 3 unspecified atom stereocenters. The number of nitrogens with two attached hydrogens (primary N) is 1. The Hall–Kier alpha value is -0.610. The van der Waals surface area contributed by atoms with Crippen molar-refractivity contribution in [2.45, 2.75) is 44.8 Å². The maximum absolute atomic E-state index is 11.9. The SMILES string of the molecule is CC(O)CCN(C)C(=O)C1CCC(N)C1. The van der Waals surface area contributed by atoms with Gasteiger partial charge in [-0.25, -0.2) is 0 Å². The van der Waals surface area contributed by atoms with E-state index in [1.54, 1.807) is 18.9 Å². The van der Waals surface area contributed by atoms with Crippen molar-refractivity contribution in [3.8, 4) is 0 Å². The van der Waals surface area contributed by atoms with E-state index in [9.17, 15) is 4.79 Å². The van der Waals surface area contributed by atoms with Crippen LogP contribution in [0.2, 0.25) is 0 Å². The standard InChI is InChI=1S/C11H22N2O2/c1-8(14)5-6-13(2)11(15)9-3-4-10(12)7-9/h8-10,14H,3-7,12H2,1-2H3. The summed E-state index contributed by atoms with van der Waals surface area (Å²) in [6.07, 6.45) is 2.99. The number of nitrogens with zero attached hydrogens (tertiary/aromatic N) is 1. The molecule has 0 aromatic heterocycles. The first-order chi connectivity index (χ1) is 7.00. The first-order valence-corrected chi connectivity index (χ1v) is 5.69. The molecule has 1 saturated carbocycles. The van der Waals surface area contributed by atoms with Gasteiger partial charge in [-0.05, 0) is 32.6 Å². The summed E-state index contributed by atoms with van der Waals surface area (Å²) in [5.74, 6) is 0.294. The highest BCUT2D eigenvalue weighted by Crippen LogP contribution is 2.25. The topological polar surface area (TPSA) is 66.6 Å². The van der Waals surface area contributed by atoms with Gasteiger partial charge in [0.25, 0.3) is 0 Å². The number of aliphatic hydroxyl groups excluding tert-OH is 1. The van der Waals surface area contributed by atoms with Gasteiger partial charge in [0.2, 0.25) is 5.91 Å². The summed E-state index contributed by atoms with van der Waals surface area (Å²) >= 11 is 0. The van der Waals surface area contributed by atoms with Crippen molar-refractivity contribution in [3.05, 3.63) is 0 Å². The monoisotopic (exact) mass is 214 g/mol. The number of aliphatic hydroxyl groups is 1. The normalized spacial score (nSPS) is 27.7. The van der Waals surface area contributed by atoms with Gasteiger partial charge in [-0.15, -0.1) is 0 Å². The summed E-state index contributed by atoms with van der Waals surface area (Å²) in [7, 11) is 1.80. The molecule has 1 amide bonds. The van der Waals surface area contributed by atoms with Crippen LogP contribution in [0.4, 0.5) is 0 Å². The van der Waals surface area contributed by atoms with E-state index >= 15 is 0 Å². The average molecular weight is 214 g/mol. The van der Waals surface area contributed by atoms with Gasteiger partial charge in [0.1, 0.15) is 0 Å². The van der Waals surface area contributed by atoms with E-state index < -0.39 is 0 Å². The minimum atomic E-state index is -0.342. The Kier molecular flexibility index (Phi) is 4.54. The summed E-state index contributed by atoms with van der Waals surface area (Å²) in [4.78, 5) is 13.6. The van der Waals surface area contributed by atoms with E-state index in [1.807, 2.05) is 0 Å². The van der Waals surface area contributed by atoms with Crippen molar-refractivity contribution < 1.29 is 9.90 Å². The summed E-state index contributed by atoms with van der Waals surface area (Å²) in [6.45, 7) is 2.37. The number of carbonyl (C=O) groups is 1. The van der Waals surface area contributed by atoms with Gasteiger partial charge < -0.3 is 15.7 Å². The van der Waals surface area contributed by atoms with Crippen molar-refractivity contribution in [3.63, 3.8) is 0 Å². The molecule has 4 nitrogen and oxygen atoms in total. The molecule has 88 valence electrons. The maximum Gasteiger partial charge on any atom is 0.225 e. The molecule has 0 radical (unpaired) electrons. The highest BCUT2D eigenvalue weighted by Gasteiger charge is 2.29. The molecular formula is C11H22N2O2. The lowest BCUT2D eigenvalue weighted by Crippen LogP contribution is -2.34. The van der Waals surface area contributed by atoms with Gasteiger partial charge in [-0.3, -0.25) is 4.79 Å². The van der Waals surface area contributed by atoms with Crippen LogP contribution in [0.15, 0.2) is 0 Å². The van der Waals surface area contributed by atoms with Crippen LogP contribution >= 0.6 is 0 Å². The van der Waals surface area contributed by atoms with Crippen molar-refractivity contribution in [2.75, 3.05) is 13.6 Å². The van der Waals surface area contributed by atoms with E-state index in [-0.39, 0.29) is 24.0 Å². The molecule has 0 aromatic carbocycles. The van der Waals surface area contributed by atoms with Crippen LogP contribution in [0, 0.1) is 5.92 Å². The molecular weight excluding hydrogens is 192 g/mol. The number of hydrogen-bond acceptors (Lipinski definition) is 3. The van der Waals surface area contributed by atoms with E-state index in [0.29, 0.717) is 13.0 Å². The van der Waals surface area contributed by atoms with Gasteiger partial charge in [0.15, 0.2) is 0 Å². The first kappa shape index (κ1) is 12.5. The molecule has 0 heterocycles. The molecule has 15 heavy (non-hydrogen) atoms. The van der Waals surface area contributed by atoms with Crippen molar-refractivity contribution >= 4 is 5.91 Å². The highest BCUT2D eigenvalue weighted by molar-refractivity contribution is 5.78. The maximum atomic E-state index is 11.9. The van der Waals surface area contributed by atoms with Gasteiger partial charge in [-0.2, -0.15) is 0 Å². The zero-order valence-electron chi connectivity index (χ0n) is 9.65. The fourth-order valence-corrected chi connectivity index (χ4v) is 2.04. The summed E-state index contributed by atoms with van der Waals surface area (Å²) in [6, 6.07) is 0.198. The first-order valence-electron chi connectivity index (χ1n) is 5.69. The van der Waals surface area contributed by atoms with Crippen LogP contribution in [0.3, 0.4) is 0 Å². The third kappa shape index (κ3) is 3.80. The quantitative estimate of drug-likeness (QED) is 0.709. The van der Waals surface area contributed by atoms with Crippen molar-refractivity contribution in [1.29, 1.82) is 0 Å². The van der Waals surface area contributed by atoms with Crippen LogP contribution in [0.25, 0.3) is 0 Å². The third-order valence-corrected chi connectivity index (χ3v) is 3.08. The molecule has 0 saturated heterocycles. The second kappa shape index (κ2) is 5.47. The molecule has 0 aliphatic heterocycles. The zero-order chi connectivity index (χ0) is 11.4. The Balaban J connectivity index is 2.32. The lowest BCUT2D eigenvalue weighted by atomic mass is 10.1. The Labute approximate surface area is 91.4 Å². The summed E-state index contributed by atoms with van der Waals surface area (Å²) < 4.78 is 0. The van der Waals surface area contributed by atoms with Crippen LogP contribution in [-0.2, 0) is 4.79 Å². The summed E-state index contributed by atoms with van der Waals surface area (Å²) in [5, 5.41) is 9.13. The van der Waals surface area contributed by atoms with E-state index in [4.69, 9.17) is 10.8 Å². The number of carbonyl (C=O) groups excluding carboxylic acids is 1. The van der Waals surface area contributed by atoms with Crippen LogP contribution in [-0.4, -0.2) is 41.7 Å². The smallest absolute Gasteiger partial charge is 0.225 e. The fraction of sp³-hybridized carbons (Fsp3) is 0.909. The molecule has 3 atom stereocenters. The van der Waals surface area contributed by atoms with E-state index in [1.165, 1.54) is 0 Å². The molecule has 1 aliphatic carbocycles. The van der Waals surface area contributed by atoms with Gasteiger partial charge in [-0.1, -0.05) is 0 Å². The van der Waals surface area contributed by atoms with Crippen LogP contribution < -0.4 is 5.73 Å². The van der Waals surface area contributed by atoms with Gasteiger partial charge in [0, 0.05) is 25.6 Å². The van der Waals surface area contributed by atoms with Crippen molar-refractivity contribution in [1.82, 2.24) is 4.90 Å². The molecule has 1 rings (SSSR count). The Morgan fingerprint density at radius 2 is 2.27 bits per heavy atom. The molecule has 1 fully saturated rings. The number of amides is 1. The average Bonchev–Trinajstić information content (AvgIpc) is 2.60. The zero-order valence-corrected chi connectivity index (χ0v) is 9.65. The van der Waals surface area contributed by atoms with Gasteiger partial charge >= 0.3 is 0 Å². The molecule has 0 bridgehead atoms. The minimum Gasteiger partial charge on any atom is -0.393 e. The lowest BCUT2D eigenvalue weighted by molar-refractivity contribution is -0.134. The Morgan fingerprint density at radius 3 is 2.73 bits per heavy atom. The second-order valence-electron chi connectivity index (χ2n) is 4.67. The van der Waals surface area contributed by atoms with Crippen LogP contribution in [0.5, 0.6) is 0 Å². The van der Waals surface area contributed by atoms with E-state index in [2.05, 4.69) is 0 Å². The number of rotatable bonds is 4. The summed E-state index contributed by atoms with van der Waals surface area (Å²) in [5.41, 5.74) is 5.77. The molecule has 1 aliphatic rings. The predicted molar refractivity (Wildman–Crippen MR) is 59.3 cm³/mol.